The summed E-state index contributed by atoms with van der Waals surface area (Å²) in [5, 5.41) is 10.1. The van der Waals surface area contributed by atoms with Crippen LogP contribution in [0.2, 0.25) is 0 Å². The molecule has 2 heterocycles. The number of aromatic nitrogens is 4. The smallest absolute Gasteiger partial charge is 0.319 e. The molecular formula is C19H20N6O. The Bertz CT molecular complexity index is 900. The topological polar surface area (TPSA) is 84.7 Å². The molecular weight excluding hydrogens is 328 g/mol. The summed E-state index contributed by atoms with van der Waals surface area (Å²) in [6.45, 7) is 0.422. The number of rotatable bonds is 5. The van der Waals surface area contributed by atoms with Gasteiger partial charge >= 0.3 is 6.03 Å². The first-order valence-electron chi connectivity index (χ1n) is 8.64. The van der Waals surface area contributed by atoms with E-state index in [1.54, 1.807) is 12.4 Å². The van der Waals surface area contributed by atoms with Crippen molar-refractivity contribution >= 4 is 11.7 Å². The molecule has 7 heteroatoms. The zero-order chi connectivity index (χ0) is 17.9. The molecule has 0 aliphatic heterocycles. The van der Waals surface area contributed by atoms with Gasteiger partial charge in [-0.2, -0.15) is 5.10 Å². The number of aryl methyl sites for hydroxylation is 1. The summed E-state index contributed by atoms with van der Waals surface area (Å²) in [6.07, 6.45) is 5.63. The molecule has 0 radical (unpaired) electrons. The molecule has 26 heavy (non-hydrogen) atoms. The normalized spacial score (nSPS) is 13.4. The van der Waals surface area contributed by atoms with Gasteiger partial charge in [0.05, 0.1) is 36.0 Å². The number of carbonyl (C=O) groups excluding carboxylic acids is 1. The number of benzene rings is 1. The van der Waals surface area contributed by atoms with Crippen molar-refractivity contribution in [3.8, 4) is 11.4 Å². The van der Waals surface area contributed by atoms with Crippen molar-refractivity contribution in [2.45, 2.75) is 25.3 Å². The van der Waals surface area contributed by atoms with Crippen molar-refractivity contribution in [1.82, 2.24) is 25.1 Å². The Morgan fingerprint density at radius 3 is 2.62 bits per heavy atom. The van der Waals surface area contributed by atoms with Crippen LogP contribution < -0.4 is 10.6 Å². The number of hydrogen-bond acceptors (Lipinski definition) is 4. The van der Waals surface area contributed by atoms with E-state index in [4.69, 9.17) is 0 Å². The van der Waals surface area contributed by atoms with Crippen molar-refractivity contribution in [2.24, 2.45) is 7.05 Å². The lowest BCUT2D eigenvalue weighted by molar-refractivity contribution is 0.251. The molecule has 2 aromatic heterocycles. The predicted molar refractivity (Wildman–Crippen MR) is 98.5 cm³/mol. The first-order chi connectivity index (χ1) is 12.7. The van der Waals surface area contributed by atoms with Crippen molar-refractivity contribution in [1.29, 1.82) is 0 Å². The molecule has 7 nitrogen and oxygen atoms in total. The lowest BCUT2D eigenvalue weighted by Gasteiger charge is -2.08. The number of anilines is 1. The van der Waals surface area contributed by atoms with Gasteiger partial charge in [-0.1, -0.05) is 30.3 Å². The Morgan fingerprint density at radius 1 is 1.19 bits per heavy atom. The van der Waals surface area contributed by atoms with Crippen LogP contribution >= 0.6 is 0 Å². The van der Waals surface area contributed by atoms with Crippen molar-refractivity contribution in [3.63, 3.8) is 0 Å². The van der Waals surface area contributed by atoms with Crippen LogP contribution in [0, 0.1) is 0 Å². The van der Waals surface area contributed by atoms with Crippen LogP contribution in [0.15, 0.2) is 48.8 Å². The number of nitrogens with one attached hydrogen (secondary N) is 2. The van der Waals surface area contributed by atoms with Gasteiger partial charge in [-0.05, 0) is 18.9 Å². The number of hydrogen-bond donors (Lipinski definition) is 2. The Balaban J connectivity index is 1.33. The standard InChI is InChI=1S/C19H20N6O/c1-25-16(9-17(24-25)13-7-8-13)12-22-19(26)23-15-10-20-18(21-11-15)14-5-3-2-4-6-14/h2-6,9-11,13H,7-8,12H2,1H3,(H2,22,23,26). The monoisotopic (exact) mass is 348 g/mol. The second-order valence-corrected chi connectivity index (χ2v) is 6.43. The van der Waals surface area contributed by atoms with Crippen LogP contribution in [-0.2, 0) is 13.6 Å². The molecule has 2 amide bonds. The van der Waals surface area contributed by atoms with Crippen molar-refractivity contribution < 1.29 is 4.79 Å². The Labute approximate surface area is 151 Å². The molecule has 4 rings (SSSR count). The molecule has 1 aromatic carbocycles. The lowest BCUT2D eigenvalue weighted by atomic mass is 10.2. The summed E-state index contributed by atoms with van der Waals surface area (Å²) >= 11 is 0. The fourth-order valence-electron chi connectivity index (χ4n) is 2.75. The second kappa shape index (κ2) is 6.95. The van der Waals surface area contributed by atoms with Gasteiger partial charge in [-0.3, -0.25) is 4.68 Å². The fraction of sp³-hybridized carbons (Fsp3) is 0.263. The number of carbonyl (C=O) groups is 1. The van der Waals surface area contributed by atoms with Crippen LogP contribution in [0.5, 0.6) is 0 Å². The summed E-state index contributed by atoms with van der Waals surface area (Å²) in [6, 6.07) is 11.5. The third kappa shape index (κ3) is 3.72. The molecule has 1 fully saturated rings. The SMILES string of the molecule is Cn1nc(C2CC2)cc1CNC(=O)Nc1cnc(-c2ccccc2)nc1. The third-order valence-electron chi connectivity index (χ3n) is 4.36. The van der Waals surface area contributed by atoms with Gasteiger partial charge in [0.2, 0.25) is 0 Å². The summed E-state index contributed by atoms with van der Waals surface area (Å²) < 4.78 is 1.83. The minimum atomic E-state index is -0.296. The van der Waals surface area contributed by atoms with E-state index in [-0.39, 0.29) is 6.03 Å². The van der Waals surface area contributed by atoms with Crippen LogP contribution in [0.25, 0.3) is 11.4 Å². The van der Waals surface area contributed by atoms with E-state index in [0.29, 0.717) is 24.0 Å². The molecule has 0 bridgehead atoms. The van der Waals surface area contributed by atoms with Gasteiger partial charge in [0.25, 0.3) is 0 Å². The minimum absolute atomic E-state index is 0.296. The molecule has 1 saturated carbocycles. The van der Waals surface area contributed by atoms with Gasteiger partial charge in [-0.25, -0.2) is 14.8 Å². The average molecular weight is 348 g/mol. The lowest BCUT2D eigenvalue weighted by Crippen LogP contribution is -2.29. The maximum atomic E-state index is 12.1. The first-order valence-corrected chi connectivity index (χ1v) is 8.64. The van der Waals surface area contributed by atoms with Gasteiger partial charge in [-0.15, -0.1) is 0 Å². The summed E-state index contributed by atoms with van der Waals surface area (Å²) in [4.78, 5) is 20.7. The summed E-state index contributed by atoms with van der Waals surface area (Å²) in [5.41, 5.74) is 3.59. The molecule has 1 aliphatic rings. The minimum Gasteiger partial charge on any atom is -0.332 e. The maximum absolute atomic E-state index is 12.1. The van der Waals surface area contributed by atoms with Crippen LogP contribution in [0.3, 0.4) is 0 Å². The van der Waals surface area contributed by atoms with Crippen molar-refractivity contribution in [2.75, 3.05) is 5.32 Å². The highest BCUT2D eigenvalue weighted by molar-refractivity contribution is 5.88. The molecule has 132 valence electrons. The zero-order valence-electron chi connectivity index (χ0n) is 14.5. The molecule has 0 saturated heterocycles. The van der Waals surface area contributed by atoms with Gasteiger partial charge < -0.3 is 10.6 Å². The highest BCUT2D eigenvalue weighted by Crippen LogP contribution is 2.39. The average Bonchev–Trinajstić information content (AvgIpc) is 3.45. The molecule has 1 aliphatic carbocycles. The second-order valence-electron chi connectivity index (χ2n) is 6.43. The number of amides is 2. The highest BCUT2D eigenvalue weighted by atomic mass is 16.2. The Kier molecular flexibility index (Phi) is 4.35. The van der Waals surface area contributed by atoms with E-state index >= 15 is 0 Å². The van der Waals surface area contributed by atoms with E-state index in [0.717, 1.165) is 17.0 Å². The Hall–Kier alpha value is -3.22. The van der Waals surface area contributed by atoms with Gasteiger partial charge in [0, 0.05) is 18.5 Å². The third-order valence-corrected chi connectivity index (χ3v) is 4.36. The molecule has 0 spiro atoms. The van der Waals surface area contributed by atoms with E-state index in [2.05, 4.69) is 31.8 Å². The molecule has 2 N–H and O–H groups in total. The maximum Gasteiger partial charge on any atom is 0.319 e. The van der Waals surface area contributed by atoms with Crippen LogP contribution in [0.1, 0.15) is 30.1 Å². The Morgan fingerprint density at radius 2 is 1.92 bits per heavy atom. The first kappa shape index (κ1) is 16.3. The number of nitrogens with zero attached hydrogens (tertiary/aromatic N) is 4. The predicted octanol–water partition coefficient (Wildman–Crippen LogP) is 3.08. The van der Waals surface area contributed by atoms with E-state index < -0.39 is 0 Å². The van der Waals surface area contributed by atoms with E-state index in [1.165, 1.54) is 12.8 Å². The summed E-state index contributed by atoms with van der Waals surface area (Å²) in [7, 11) is 1.90. The van der Waals surface area contributed by atoms with Gasteiger partial charge in [0.1, 0.15) is 0 Å². The fourth-order valence-corrected chi connectivity index (χ4v) is 2.75. The molecule has 0 unspecified atom stereocenters. The number of urea groups is 1. The van der Waals surface area contributed by atoms with E-state index in [9.17, 15) is 4.79 Å². The summed E-state index contributed by atoms with van der Waals surface area (Å²) in [5.74, 6) is 1.23. The van der Waals surface area contributed by atoms with Gasteiger partial charge in [0.15, 0.2) is 5.82 Å². The van der Waals surface area contributed by atoms with Crippen LogP contribution in [0.4, 0.5) is 10.5 Å². The molecule has 0 atom stereocenters. The quantitative estimate of drug-likeness (QED) is 0.742. The van der Waals surface area contributed by atoms with E-state index in [1.807, 2.05) is 42.1 Å². The van der Waals surface area contributed by atoms with Crippen LogP contribution in [-0.4, -0.2) is 25.8 Å². The van der Waals surface area contributed by atoms with Crippen molar-refractivity contribution in [3.05, 3.63) is 60.2 Å². The zero-order valence-corrected chi connectivity index (χ0v) is 14.5. The highest BCUT2D eigenvalue weighted by Gasteiger charge is 2.26. The molecule has 3 aromatic rings. The largest absolute Gasteiger partial charge is 0.332 e.